The van der Waals surface area contributed by atoms with Crippen molar-refractivity contribution in [2.75, 3.05) is 0 Å². The van der Waals surface area contributed by atoms with Crippen LogP contribution in [0.1, 0.15) is 60.1 Å². The van der Waals surface area contributed by atoms with Crippen LogP contribution in [0.15, 0.2) is 67.1 Å². The molecule has 7 rings (SSSR count). The number of aliphatic hydroxyl groups is 1. The van der Waals surface area contributed by atoms with Crippen LogP contribution in [0.2, 0.25) is 0 Å². The van der Waals surface area contributed by atoms with Gasteiger partial charge in [-0.3, -0.25) is 9.78 Å². The van der Waals surface area contributed by atoms with Gasteiger partial charge in [0, 0.05) is 28.6 Å². The Kier molecular flexibility index (Phi) is 5.62. The van der Waals surface area contributed by atoms with Crippen molar-refractivity contribution in [1.29, 1.82) is 0 Å². The molecule has 3 heterocycles. The maximum Gasteiger partial charge on any atom is 0.254 e. The quantitative estimate of drug-likeness (QED) is 0.350. The summed E-state index contributed by atoms with van der Waals surface area (Å²) in [6, 6.07) is 14.8. The number of hydrogen-bond acceptors (Lipinski definition) is 6. The number of carbonyl (C=O) groups excluding carboxylic acids is 1. The Morgan fingerprint density at radius 1 is 1.00 bits per heavy atom. The number of aromatic nitrogens is 5. The summed E-state index contributed by atoms with van der Waals surface area (Å²) in [7, 11) is 0. The Hall–Kier alpha value is -4.24. The van der Waals surface area contributed by atoms with E-state index >= 15 is 4.39 Å². The van der Waals surface area contributed by atoms with E-state index < -0.39 is 11.7 Å². The van der Waals surface area contributed by atoms with Gasteiger partial charge in [0.1, 0.15) is 11.5 Å². The van der Waals surface area contributed by atoms with Gasteiger partial charge >= 0.3 is 0 Å². The first-order valence-electron chi connectivity index (χ1n) is 13.4. The minimum Gasteiger partial charge on any atom is -0.393 e. The molecule has 39 heavy (non-hydrogen) atoms. The zero-order valence-electron chi connectivity index (χ0n) is 21.2. The molecule has 3 aromatic heterocycles. The van der Waals surface area contributed by atoms with Crippen LogP contribution in [0, 0.1) is 5.82 Å². The van der Waals surface area contributed by atoms with Crippen molar-refractivity contribution in [3.8, 4) is 11.3 Å². The van der Waals surface area contributed by atoms with Crippen molar-refractivity contribution in [3.63, 3.8) is 0 Å². The number of halogens is 1. The Morgan fingerprint density at radius 2 is 1.82 bits per heavy atom. The summed E-state index contributed by atoms with van der Waals surface area (Å²) in [5, 5.41) is 18.5. The number of amides is 1. The summed E-state index contributed by atoms with van der Waals surface area (Å²) >= 11 is 0. The first-order chi connectivity index (χ1) is 19.0. The number of carbonyl (C=O) groups is 1. The second kappa shape index (κ2) is 9.20. The second-order valence-corrected chi connectivity index (χ2v) is 10.7. The Bertz CT molecular complexity index is 1720. The third-order valence-corrected chi connectivity index (χ3v) is 8.17. The third kappa shape index (κ3) is 4.23. The molecule has 196 valence electrons. The number of hydrogen-bond donors (Lipinski definition) is 2. The Morgan fingerprint density at radius 3 is 2.62 bits per heavy atom. The van der Waals surface area contributed by atoms with E-state index in [1.165, 1.54) is 17.7 Å². The maximum atomic E-state index is 15.1. The van der Waals surface area contributed by atoms with Gasteiger partial charge in [-0.25, -0.2) is 14.4 Å². The van der Waals surface area contributed by atoms with Gasteiger partial charge in [0.25, 0.3) is 11.7 Å². The van der Waals surface area contributed by atoms with Gasteiger partial charge in [-0.2, -0.15) is 9.61 Å². The molecule has 2 aliphatic rings. The average Bonchev–Trinajstić information content (AvgIpc) is 3.65. The largest absolute Gasteiger partial charge is 0.393 e. The number of imidazole rings is 1. The summed E-state index contributed by atoms with van der Waals surface area (Å²) in [6.07, 6.45) is 9.48. The van der Waals surface area contributed by atoms with Crippen molar-refractivity contribution < 1.29 is 14.3 Å². The first kappa shape index (κ1) is 23.8. The standard InChI is InChI=1S/C30H27FN6O2/c31-24-15-19(3-9-23(24)28(39)35-21-5-7-22(38)8-6-21)26-16-33-29-34-17-27(37(29)36-26)30(11-12-30)20-4-10-25-18(14-20)2-1-13-32-25/h1-4,9-10,13-17,21-22,38H,5-8,11-12H2,(H,35,39)/t21-,22-. The van der Waals surface area contributed by atoms with E-state index in [-0.39, 0.29) is 23.1 Å². The minimum atomic E-state index is -0.614. The monoisotopic (exact) mass is 522 g/mol. The predicted octanol–water partition coefficient (Wildman–Crippen LogP) is 4.59. The molecular formula is C30H27FN6O2. The highest BCUT2D eigenvalue weighted by Crippen LogP contribution is 2.53. The van der Waals surface area contributed by atoms with E-state index in [4.69, 9.17) is 5.10 Å². The lowest BCUT2D eigenvalue weighted by Gasteiger charge is -2.26. The van der Waals surface area contributed by atoms with Gasteiger partial charge in [-0.15, -0.1) is 0 Å². The number of rotatable bonds is 5. The van der Waals surface area contributed by atoms with Crippen LogP contribution in [-0.4, -0.2) is 47.7 Å². The van der Waals surface area contributed by atoms with Crippen LogP contribution < -0.4 is 5.32 Å². The lowest BCUT2D eigenvalue weighted by Crippen LogP contribution is -2.38. The van der Waals surface area contributed by atoms with E-state index in [0.29, 0.717) is 42.7 Å². The topological polar surface area (TPSA) is 105 Å². The fraction of sp³-hybridized carbons (Fsp3) is 0.300. The second-order valence-electron chi connectivity index (χ2n) is 10.7. The van der Waals surface area contributed by atoms with Crippen LogP contribution in [-0.2, 0) is 5.41 Å². The van der Waals surface area contributed by atoms with Crippen LogP contribution in [0.4, 0.5) is 4.39 Å². The van der Waals surface area contributed by atoms with E-state index in [0.717, 1.165) is 29.4 Å². The molecule has 9 heteroatoms. The molecule has 5 aromatic rings. The van der Waals surface area contributed by atoms with Crippen molar-refractivity contribution in [3.05, 3.63) is 89.8 Å². The molecule has 0 radical (unpaired) electrons. The number of pyridine rings is 1. The number of nitrogens with one attached hydrogen (secondary N) is 1. The van der Waals surface area contributed by atoms with E-state index in [1.807, 2.05) is 18.3 Å². The smallest absolute Gasteiger partial charge is 0.254 e. The summed E-state index contributed by atoms with van der Waals surface area (Å²) in [5.41, 5.74) is 3.89. The molecule has 2 aliphatic carbocycles. The highest BCUT2D eigenvalue weighted by atomic mass is 19.1. The maximum absolute atomic E-state index is 15.1. The molecule has 1 amide bonds. The van der Waals surface area contributed by atoms with Gasteiger partial charge in [-0.05, 0) is 74.4 Å². The molecule has 2 aromatic carbocycles. The molecule has 2 saturated carbocycles. The van der Waals surface area contributed by atoms with E-state index in [1.54, 1.807) is 23.0 Å². The first-order valence-corrected chi connectivity index (χ1v) is 13.4. The number of benzene rings is 2. The molecule has 8 nitrogen and oxygen atoms in total. The average molecular weight is 523 g/mol. The van der Waals surface area contributed by atoms with Gasteiger partial charge in [-0.1, -0.05) is 18.2 Å². The van der Waals surface area contributed by atoms with Gasteiger partial charge in [0.15, 0.2) is 0 Å². The van der Waals surface area contributed by atoms with E-state index in [9.17, 15) is 9.90 Å². The number of fused-ring (bicyclic) bond motifs is 2. The lowest BCUT2D eigenvalue weighted by atomic mass is 9.91. The molecule has 0 atom stereocenters. The van der Waals surface area contributed by atoms with Crippen LogP contribution in [0.3, 0.4) is 0 Å². The normalized spacial score (nSPS) is 20.3. The summed E-state index contributed by atoms with van der Waals surface area (Å²) in [5.74, 6) is -0.575. The molecule has 2 fully saturated rings. The molecule has 2 N–H and O–H groups in total. The molecular weight excluding hydrogens is 495 g/mol. The molecule has 0 saturated heterocycles. The van der Waals surface area contributed by atoms with Gasteiger partial charge in [0.05, 0.1) is 35.3 Å². The Balaban J connectivity index is 1.18. The predicted molar refractivity (Wildman–Crippen MR) is 144 cm³/mol. The molecule has 0 unspecified atom stereocenters. The highest BCUT2D eigenvalue weighted by Gasteiger charge is 2.48. The number of aliphatic hydroxyl groups excluding tert-OH is 1. The number of nitrogens with zero attached hydrogens (tertiary/aromatic N) is 5. The van der Waals surface area contributed by atoms with Crippen molar-refractivity contribution >= 4 is 22.6 Å². The van der Waals surface area contributed by atoms with Crippen molar-refractivity contribution in [2.24, 2.45) is 0 Å². The van der Waals surface area contributed by atoms with Crippen LogP contribution in [0.5, 0.6) is 0 Å². The minimum absolute atomic E-state index is 0.00930. The molecule has 0 bridgehead atoms. The summed E-state index contributed by atoms with van der Waals surface area (Å²) in [6.45, 7) is 0. The zero-order valence-corrected chi connectivity index (χ0v) is 21.2. The lowest BCUT2D eigenvalue weighted by molar-refractivity contribution is 0.0864. The van der Waals surface area contributed by atoms with Crippen molar-refractivity contribution in [1.82, 2.24) is 29.9 Å². The van der Waals surface area contributed by atoms with Crippen LogP contribution in [0.25, 0.3) is 27.9 Å². The zero-order chi connectivity index (χ0) is 26.6. The van der Waals surface area contributed by atoms with Crippen LogP contribution >= 0.6 is 0 Å². The fourth-order valence-electron chi connectivity index (χ4n) is 5.77. The van der Waals surface area contributed by atoms with E-state index in [2.05, 4.69) is 38.5 Å². The Labute approximate surface area is 224 Å². The summed E-state index contributed by atoms with van der Waals surface area (Å²) in [4.78, 5) is 26.1. The van der Waals surface area contributed by atoms with Crippen molar-refractivity contribution in [2.45, 2.75) is 56.1 Å². The SMILES string of the molecule is O=C(N[C@H]1CC[C@H](O)CC1)c1ccc(-c2cnc3ncc(C4(c5ccc6ncccc6c5)CC4)n3n2)cc1F. The summed E-state index contributed by atoms with van der Waals surface area (Å²) < 4.78 is 16.9. The molecule has 0 aliphatic heterocycles. The fourth-order valence-corrected chi connectivity index (χ4v) is 5.77. The third-order valence-electron chi connectivity index (χ3n) is 8.17. The van der Waals surface area contributed by atoms with Gasteiger partial charge < -0.3 is 10.4 Å². The highest BCUT2D eigenvalue weighted by molar-refractivity contribution is 5.95. The molecule has 0 spiro atoms. The van der Waals surface area contributed by atoms with Gasteiger partial charge in [0.2, 0.25) is 0 Å².